The van der Waals surface area contributed by atoms with Gasteiger partial charge >= 0.3 is 0 Å². The van der Waals surface area contributed by atoms with Gasteiger partial charge in [0.25, 0.3) is 0 Å². The second kappa shape index (κ2) is 12.5. The third-order valence-corrected chi connectivity index (χ3v) is 7.00. The monoisotopic (exact) mass is 497 g/mol. The molecule has 0 saturated heterocycles. The van der Waals surface area contributed by atoms with E-state index in [1.54, 1.807) is 6.20 Å². The van der Waals surface area contributed by atoms with Crippen molar-refractivity contribution < 1.29 is 9.84 Å². The second-order valence-corrected chi connectivity index (χ2v) is 9.65. The summed E-state index contributed by atoms with van der Waals surface area (Å²) in [6.07, 6.45) is 8.05. The highest BCUT2D eigenvalue weighted by Gasteiger charge is 2.22. The maximum absolute atomic E-state index is 10.5. The van der Waals surface area contributed by atoms with Crippen LogP contribution in [0.4, 0.5) is 0 Å². The minimum Gasteiger partial charge on any atom is -0.455 e. The van der Waals surface area contributed by atoms with Crippen molar-refractivity contribution in [3.63, 3.8) is 0 Å². The van der Waals surface area contributed by atoms with Crippen LogP contribution >= 0.6 is 11.8 Å². The van der Waals surface area contributed by atoms with E-state index < -0.39 is 6.10 Å². The largest absolute Gasteiger partial charge is 0.455 e. The van der Waals surface area contributed by atoms with Gasteiger partial charge in [-0.05, 0) is 37.0 Å². The maximum atomic E-state index is 10.5. The summed E-state index contributed by atoms with van der Waals surface area (Å²) in [6, 6.07) is 17.8. The quantitative estimate of drug-likeness (QED) is 0.350. The third kappa shape index (κ3) is 6.44. The molecule has 0 saturated carbocycles. The van der Waals surface area contributed by atoms with E-state index in [1.165, 1.54) is 11.8 Å². The molecule has 2 aromatic carbocycles. The van der Waals surface area contributed by atoms with Gasteiger partial charge in [-0.2, -0.15) is 10.2 Å². The Hall–Kier alpha value is -3.37. The van der Waals surface area contributed by atoms with Crippen LogP contribution in [0.5, 0.6) is 11.5 Å². The number of aromatic nitrogens is 2. The Morgan fingerprint density at radius 2 is 1.94 bits per heavy atom. The summed E-state index contributed by atoms with van der Waals surface area (Å²) >= 11 is 1.54. The highest BCUT2D eigenvalue weighted by molar-refractivity contribution is 8.11. The third-order valence-electron chi connectivity index (χ3n) is 5.78. The predicted molar refractivity (Wildman–Crippen MR) is 148 cm³/mol. The number of allylic oxidation sites excluding steroid dienone is 2. The van der Waals surface area contributed by atoms with Gasteiger partial charge in [-0.3, -0.25) is 0 Å². The molecular formula is C30H31N3O2S. The number of thioether (sulfide) groups is 1. The SMILES string of the molecule is CCCC#Cc1ccc(C2=CC(CC)C=C(C(O)CN)S2)c(Oc2cnnc(-c3ccccc3)c2)c1. The lowest BCUT2D eigenvalue weighted by atomic mass is 10.0. The average molecular weight is 498 g/mol. The van der Waals surface area contributed by atoms with E-state index in [9.17, 15) is 5.11 Å². The minimum absolute atomic E-state index is 0.183. The van der Waals surface area contributed by atoms with Crippen molar-refractivity contribution in [3.8, 4) is 34.6 Å². The van der Waals surface area contributed by atoms with Crippen molar-refractivity contribution in [2.45, 2.75) is 39.2 Å². The summed E-state index contributed by atoms with van der Waals surface area (Å²) in [5, 5.41) is 18.9. The van der Waals surface area contributed by atoms with Crippen molar-refractivity contribution in [1.29, 1.82) is 0 Å². The number of aliphatic hydroxyl groups is 1. The molecule has 6 heteroatoms. The summed E-state index contributed by atoms with van der Waals surface area (Å²) in [4.78, 5) is 1.90. The topological polar surface area (TPSA) is 81.3 Å². The molecule has 1 aliphatic heterocycles. The Kier molecular flexibility index (Phi) is 8.96. The molecule has 3 aromatic rings. The zero-order valence-electron chi connectivity index (χ0n) is 20.6. The first-order valence-electron chi connectivity index (χ1n) is 12.3. The molecule has 36 heavy (non-hydrogen) atoms. The molecule has 5 nitrogen and oxygen atoms in total. The van der Waals surface area contributed by atoms with Crippen LogP contribution < -0.4 is 10.5 Å². The molecule has 4 rings (SSSR count). The standard InChI is InChI=1S/C30H31N3O2S/c1-3-5-7-10-22-13-14-25(29-16-21(4-2)17-30(36-29)27(34)19-31)28(15-22)35-24-18-26(33-32-20-24)23-11-8-6-9-12-23/h6,8-9,11-18,20-21,27,34H,3-5,19,31H2,1-2H3. The molecule has 0 aliphatic carbocycles. The first kappa shape index (κ1) is 25.7. The summed E-state index contributed by atoms with van der Waals surface area (Å²) in [7, 11) is 0. The molecule has 0 radical (unpaired) electrons. The summed E-state index contributed by atoms with van der Waals surface area (Å²) in [5.74, 6) is 7.94. The minimum atomic E-state index is -0.686. The molecule has 0 bridgehead atoms. The Morgan fingerprint density at radius 1 is 1.11 bits per heavy atom. The molecule has 1 aliphatic rings. The van der Waals surface area contributed by atoms with Gasteiger partial charge in [-0.25, -0.2) is 0 Å². The van der Waals surface area contributed by atoms with Crippen molar-refractivity contribution >= 4 is 16.7 Å². The number of hydrogen-bond acceptors (Lipinski definition) is 6. The van der Waals surface area contributed by atoms with Crippen molar-refractivity contribution in [2.75, 3.05) is 6.54 Å². The van der Waals surface area contributed by atoms with Crippen LogP contribution in [0, 0.1) is 17.8 Å². The maximum Gasteiger partial charge on any atom is 0.149 e. The van der Waals surface area contributed by atoms with Crippen LogP contribution in [0.1, 0.15) is 44.2 Å². The fraction of sp³-hybridized carbons (Fsp3) is 0.267. The summed E-state index contributed by atoms with van der Waals surface area (Å²) < 4.78 is 6.43. The van der Waals surface area contributed by atoms with E-state index in [4.69, 9.17) is 10.5 Å². The Bertz CT molecular complexity index is 1310. The average Bonchev–Trinajstić information content (AvgIpc) is 2.93. The van der Waals surface area contributed by atoms with Crippen LogP contribution in [0.25, 0.3) is 16.2 Å². The van der Waals surface area contributed by atoms with Crippen molar-refractivity contribution in [2.24, 2.45) is 11.7 Å². The van der Waals surface area contributed by atoms with Gasteiger partial charge in [0.2, 0.25) is 0 Å². The lowest BCUT2D eigenvalue weighted by Gasteiger charge is -2.24. The molecule has 2 heterocycles. The van der Waals surface area contributed by atoms with Crippen LogP contribution in [-0.2, 0) is 0 Å². The molecule has 0 amide bonds. The molecule has 0 fully saturated rings. The van der Waals surface area contributed by atoms with Crippen molar-refractivity contribution in [1.82, 2.24) is 10.2 Å². The number of aliphatic hydroxyl groups excluding tert-OH is 1. The first-order valence-corrected chi connectivity index (χ1v) is 13.1. The molecule has 3 N–H and O–H groups in total. The Balaban J connectivity index is 1.72. The van der Waals surface area contributed by atoms with Gasteiger partial charge < -0.3 is 15.6 Å². The lowest BCUT2D eigenvalue weighted by molar-refractivity contribution is 0.227. The van der Waals surface area contributed by atoms with E-state index in [-0.39, 0.29) is 12.5 Å². The van der Waals surface area contributed by atoms with E-state index in [1.807, 2.05) is 54.6 Å². The summed E-state index contributed by atoms with van der Waals surface area (Å²) in [6.45, 7) is 4.43. The number of unbranched alkanes of at least 4 members (excludes halogenated alkanes) is 1. The Labute approximate surface area is 217 Å². The van der Waals surface area contributed by atoms with E-state index >= 15 is 0 Å². The van der Waals surface area contributed by atoms with Crippen LogP contribution in [0.3, 0.4) is 0 Å². The molecule has 1 aromatic heterocycles. The summed E-state index contributed by atoms with van der Waals surface area (Å²) in [5.41, 5.74) is 9.30. The first-order chi connectivity index (χ1) is 17.6. The Morgan fingerprint density at radius 3 is 2.69 bits per heavy atom. The highest BCUT2D eigenvalue weighted by Crippen LogP contribution is 2.45. The number of nitrogens with zero attached hydrogens (tertiary/aromatic N) is 2. The van der Waals surface area contributed by atoms with Gasteiger partial charge in [0.1, 0.15) is 11.5 Å². The van der Waals surface area contributed by atoms with Crippen molar-refractivity contribution in [3.05, 3.63) is 89.0 Å². The van der Waals surface area contributed by atoms with Gasteiger partial charge in [-0.1, -0.05) is 79.9 Å². The number of hydrogen-bond donors (Lipinski definition) is 2. The molecule has 184 valence electrons. The van der Waals surface area contributed by atoms with E-state index in [0.29, 0.717) is 11.5 Å². The predicted octanol–water partition coefficient (Wildman–Crippen LogP) is 6.40. The number of nitrogens with two attached hydrogens (primary N) is 1. The molecule has 2 unspecified atom stereocenters. The van der Waals surface area contributed by atoms with Gasteiger partial charge in [0.15, 0.2) is 0 Å². The fourth-order valence-corrected chi connectivity index (χ4v) is 5.03. The zero-order valence-corrected chi connectivity index (χ0v) is 21.5. The fourth-order valence-electron chi connectivity index (χ4n) is 3.78. The van der Waals surface area contributed by atoms with Gasteiger partial charge in [0.05, 0.1) is 18.0 Å². The highest BCUT2D eigenvalue weighted by atomic mass is 32.2. The zero-order chi connectivity index (χ0) is 25.3. The van der Waals surface area contributed by atoms with E-state index in [2.05, 4.69) is 48.0 Å². The number of benzene rings is 2. The molecule has 2 atom stereocenters. The van der Waals surface area contributed by atoms with Crippen LogP contribution in [0.2, 0.25) is 0 Å². The number of ether oxygens (including phenoxy) is 1. The van der Waals surface area contributed by atoms with Gasteiger partial charge in [0, 0.05) is 45.5 Å². The second-order valence-electron chi connectivity index (χ2n) is 8.53. The smallest absolute Gasteiger partial charge is 0.149 e. The lowest BCUT2D eigenvalue weighted by Crippen LogP contribution is -2.22. The van der Waals surface area contributed by atoms with E-state index in [0.717, 1.165) is 51.5 Å². The van der Waals surface area contributed by atoms with Crippen LogP contribution in [0.15, 0.2) is 77.9 Å². The molecule has 0 spiro atoms. The molecular weight excluding hydrogens is 466 g/mol. The van der Waals surface area contributed by atoms with Gasteiger partial charge in [-0.15, -0.1) is 0 Å². The normalized spacial score (nSPS) is 15.8. The van der Waals surface area contributed by atoms with Crippen LogP contribution in [-0.4, -0.2) is 28.0 Å². The number of rotatable bonds is 8.